The predicted octanol–water partition coefficient (Wildman–Crippen LogP) is 3.93. The summed E-state index contributed by atoms with van der Waals surface area (Å²) in [5, 5.41) is 0.372. The van der Waals surface area contributed by atoms with Crippen LogP contribution in [0.4, 0.5) is 4.39 Å². The van der Waals surface area contributed by atoms with Gasteiger partial charge in [0.25, 0.3) is 5.56 Å². The Labute approximate surface area is 191 Å². The largest absolute Gasteiger partial charge is 0.318 e. The average Bonchev–Trinajstić information content (AvgIpc) is 2.83. The normalized spacial score (nSPS) is 16.2. The second kappa shape index (κ2) is 8.61. The molecule has 3 aromatic rings. The highest BCUT2D eigenvalue weighted by Gasteiger charge is 2.26. The first-order chi connectivity index (χ1) is 15.2. The monoisotopic (exact) mass is 473 g/mol. The third-order valence-electron chi connectivity index (χ3n) is 5.60. The summed E-state index contributed by atoms with van der Waals surface area (Å²) in [7, 11) is -1.15. The SMILES string of the molecule is CC1N=C(c2ccc(F)cc2)c2cc(Cl)c(C(C)N[SH](=O)=O)cc2-c2cn(C)c(=O)cc21. The van der Waals surface area contributed by atoms with Crippen molar-refractivity contribution in [3.05, 3.63) is 92.1 Å². The summed E-state index contributed by atoms with van der Waals surface area (Å²) in [6.07, 6.45) is 1.75. The van der Waals surface area contributed by atoms with Gasteiger partial charge in [0.05, 0.1) is 11.8 Å². The molecule has 0 amide bonds. The molecule has 0 saturated heterocycles. The average molecular weight is 474 g/mol. The molecule has 2 atom stereocenters. The van der Waals surface area contributed by atoms with Crippen molar-refractivity contribution >= 4 is 28.2 Å². The molecule has 9 heteroatoms. The molecule has 0 radical (unpaired) electrons. The first-order valence-electron chi connectivity index (χ1n) is 9.94. The molecule has 4 rings (SSSR count). The zero-order valence-corrected chi connectivity index (χ0v) is 19.2. The van der Waals surface area contributed by atoms with E-state index >= 15 is 0 Å². The molecular formula is C23H21ClFN3O3S. The Morgan fingerprint density at radius 1 is 1.12 bits per heavy atom. The molecular weight excluding hydrogens is 453 g/mol. The lowest BCUT2D eigenvalue weighted by molar-refractivity contribution is 0.587. The molecule has 32 heavy (non-hydrogen) atoms. The highest BCUT2D eigenvalue weighted by molar-refractivity contribution is 7.70. The van der Waals surface area contributed by atoms with E-state index in [4.69, 9.17) is 16.6 Å². The number of nitrogens with one attached hydrogen (secondary N) is 1. The number of hydrogen-bond donors (Lipinski definition) is 2. The van der Waals surface area contributed by atoms with Crippen LogP contribution in [0.5, 0.6) is 0 Å². The number of nitrogens with zero attached hydrogens (tertiary/aromatic N) is 2. The van der Waals surface area contributed by atoms with Gasteiger partial charge in [-0.25, -0.2) is 17.5 Å². The van der Waals surface area contributed by atoms with Crippen LogP contribution in [0.2, 0.25) is 5.02 Å². The molecule has 2 aromatic carbocycles. The first kappa shape index (κ1) is 22.4. The molecule has 1 N–H and O–H groups in total. The molecule has 1 aromatic heterocycles. The third-order valence-corrected chi connectivity index (χ3v) is 6.52. The Kier molecular flexibility index (Phi) is 6.03. The van der Waals surface area contributed by atoms with E-state index in [1.54, 1.807) is 44.4 Å². The Morgan fingerprint density at radius 3 is 2.47 bits per heavy atom. The minimum atomic E-state index is -2.82. The highest BCUT2D eigenvalue weighted by atomic mass is 35.5. The van der Waals surface area contributed by atoms with Gasteiger partial charge in [-0.05, 0) is 66.9 Å². The molecule has 2 heterocycles. The van der Waals surface area contributed by atoms with E-state index in [1.165, 1.54) is 16.7 Å². The van der Waals surface area contributed by atoms with E-state index in [0.717, 1.165) is 16.7 Å². The molecule has 166 valence electrons. The lowest BCUT2D eigenvalue weighted by Gasteiger charge is -2.18. The van der Waals surface area contributed by atoms with E-state index < -0.39 is 16.9 Å². The number of aryl methyl sites for hydroxylation is 1. The van der Waals surface area contributed by atoms with E-state index in [9.17, 15) is 17.6 Å². The topological polar surface area (TPSA) is 80.5 Å². The van der Waals surface area contributed by atoms with Gasteiger partial charge in [-0.15, -0.1) is 0 Å². The maximum Gasteiger partial charge on any atom is 0.250 e. The van der Waals surface area contributed by atoms with Crippen LogP contribution < -0.4 is 10.3 Å². The smallest absolute Gasteiger partial charge is 0.250 e. The Balaban J connectivity index is 2.04. The standard InChI is InChI=1S/C23H21ClFN3O3S/c1-12-16-10-22(29)28(3)11-20(16)18-8-17(13(2)27-32(30)31)21(24)9-19(18)23(26-12)14-4-6-15(25)7-5-14/h4-13,32H,1-3H3,(H,27,30,31). The van der Waals surface area contributed by atoms with E-state index in [0.29, 0.717) is 27.4 Å². The summed E-state index contributed by atoms with van der Waals surface area (Å²) in [5.41, 5.74) is 4.77. The summed E-state index contributed by atoms with van der Waals surface area (Å²) in [5.74, 6) is -0.359. The number of thiol groups is 1. The van der Waals surface area contributed by atoms with E-state index in [1.807, 2.05) is 13.0 Å². The van der Waals surface area contributed by atoms with Crippen molar-refractivity contribution in [2.75, 3.05) is 0 Å². The minimum Gasteiger partial charge on any atom is -0.318 e. The van der Waals surface area contributed by atoms with Gasteiger partial charge in [0.15, 0.2) is 0 Å². The molecule has 1 aliphatic rings. The molecule has 0 bridgehead atoms. The van der Waals surface area contributed by atoms with Crippen LogP contribution in [0.15, 0.2) is 58.4 Å². The van der Waals surface area contributed by atoms with Gasteiger partial charge >= 0.3 is 0 Å². The van der Waals surface area contributed by atoms with Gasteiger partial charge in [-0.2, -0.15) is 0 Å². The predicted molar refractivity (Wildman–Crippen MR) is 124 cm³/mol. The Morgan fingerprint density at radius 2 is 1.81 bits per heavy atom. The quantitative estimate of drug-likeness (QED) is 0.563. The number of aliphatic imine (C=N–C) groups is 1. The summed E-state index contributed by atoms with van der Waals surface area (Å²) in [6, 6.07) is 10.3. The van der Waals surface area contributed by atoms with Crippen LogP contribution in [-0.2, 0) is 17.9 Å². The minimum absolute atomic E-state index is 0.162. The van der Waals surface area contributed by atoms with Crippen molar-refractivity contribution in [3.8, 4) is 11.1 Å². The molecule has 0 fully saturated rings. The van der Waals surface area contributed by atoms with Crippen molar-refractivity contribution in [2.45, 2.75) is 25.9 Å². The Hall–Kier alpha value is -2.81. The summed E-state index contributed by atoms with van der Waals surface area (Å²) >= 11 is 6.58. The number of benzene rings is 2. The van der Waals surface area contributed by atoms with Crippen molar-refractivity contribution in [1.29, 1.82) is 0 Å². The zero-order chi connectivity index (χ0) is 23.2. The summed E-state index contributed by atoms with van der Waals surface area (Å²) in [4.78, 5) is 17.2. The number of aromatic nitrogens is 1. The van der Waals surface area contributed by atoms with Crippen molar-refractivity contribution < 1.29 is 12.8 Å². The van der Waals surface area contributed by atoms with Gasteiger partial charge in [0.1, 0.15) is 5.82 Å². The third kappa shape index (κ3) is 4.13. The number of hydrogen-bond acceptors (Lipinski definition) is 4. The number of pyridine rings is 1. The molecule has 0 aliphatic carbocycles. The van der Waals surface area contributed by atoms with Crippen LogP contribution in [0.1, 0.15) is 48.2 Å². The fourth-order valence-corrected chi connectivity index (χ4v) is 4.74. The maximum atomic E-state index is 13.6. The lowest BCUT2D eigenvalue weighted by Crippen LogP contribution is -2.18. The van der Waals surface area contributed by atoms with Crippen LogP contribution >= 0.6 is 11.6 Å². The fourth-order valence-electron chi connectivity index (χ4n) is 3.95. The molecule has 0 saturated carbocycles. The maximum absolute atomic E-state index is 13.6. The molecule has 6 nitrogen and oxygen atoms in total. The molecule has 0 spiro atoms. The summed E-state index contributed by atoms with van der Waals surface area (Å²) < 4.78 is 40.0. The fraction of sp³-hybridized carbons (Fsp3) is 0.217. The van der Waals surface area contributed by atoms with Gasteiger partial charge in [-0.1, -0.05) is 11.6 Å². The number of halogens is 2. The Bertz CT molecular complexity index is 1370. The van der Waals surface area contributed by atoms with Gasteiger partial charge in [0, 0.05) is 47.1 Å². The van der Waals surface area contributed by atoms with Gasteiger partial charge in [0.2, 0.25) is 10.9 Å². The van der Waals surface area contributed by atoms with Crippen LogP contribution in [0.25, 0.3) is 11.1 Å². The van der Waals surface area contributed by atoms with Crippen molar-refractivity contribution in [1.82, 2.24) is 9.29 Å². The second-order valence-electron chi connectivity index (χ2n) is 7.78. The number of rotatable bonds is 4. The zero-order valence-electron chi connectivity index (χ0n) is 17.6. The van der Waals surface area contributed by atoms with Crippen LogP contribution in [0, 0.1) is 5.82 Å². The second-order valence-corrected chi connectivity index (χ2v) is 8.96. The van der Waals surface area contributed by atoms with Crippen LogP contribution in [0.3, 0.4) is 0 Å². The molecule has 1 aliphatic heterocycles. The lowest BCUT2D eigenvalue weighted by atomic mass is 9.90. The highest BCUT2D eigenvalue weighted by Crippen LogP contribution is 2.40. The number of fused-ring (bicyclic) bond motifs is 3. The van der Waals surface area contributed by atoms with E-state index in [2.05, 4.69) is 4.72 Å². The molecule has 2 unspecified atom stereocenters. The van der Waals surface area contributed by atoms with Crippen LogP contribution in [-0.4, -0.2) is 18.7 Å². The van der Waals surface area contributed by atoms with Gasteiger partial charge in [-0.3, -0.25) is 9.79 Å². The van der Waals surface area contributed by atoms with Gasteiger partial charge < -0.3 is 4.57 Å². The van der Waals surface area contributed by atoms with E-state index in [-0.39, 0.29) is 17.4 Å². The first-order valence-corrected chi connectivity index (χ1v) is 11.5. The van der Waals surface area contributed by atoms with Crippen molar-refractivity contribution in [2.24, 2.45) is 12.0 Å². The summed E-state index contributed by atoms with van der Waals surface area (Å²) in [6.45, 7) is 3.59. The van der Waals surface area contributed by atoms with Crippen molar-refractivity contribution in [3.63, 3.8) is 0 Å².